The van der Waals surface area contributed by atoms with Crippen molar-refractivity contribution in [2.24, 2.45) is 0 Å². The Balaban J connectivity index is 2.45. The zero-order valence-corrected chi connectivity index (χ0v) is 15.8. The van der Waals surface area contributed by atoms with Crippen LogP contribution in [0.5, 0.6) is 0 Å². The summed E-state index contributed by atoms with van der Waals surface area (Å²) in [5, 5.41) is 0. The third-order valence-corrected chi connectivity index (χ3v) is 4.56. The normalized spacial score (nSPS) is 14.5. The Labute approximate surface area is 157 Å². The van der Waals surface area contributed by atoms with Crippen molar-refractivity contribution in [1.82, 2.24) is 15.0 Å². The second-order valence-corrected chi connectivity index (χ2v) is 6.59. The maximum Gasteiger partial charge on any atom is 0.230 e. The van der Waals surface area contributed by atoms with Crippen LogP contribution >= 0.6 is 0 Å². The Hall–Kier alpha value is -2.43. The quantitative estimate of drug-likeness (QED) is 0.556. The lowest BCUT2D eigenvalue weighted by Gasteiger charge is -2.26. The number of aromatic nitrogens is 3. The fourth-order valence-electron chi connectivity index (χ4n) is 3.29. The summed E-state index contributed by atoms with van der Waals surface area (Å²) in [7, 11) is 0. The SMILES string of the molecule is C=CCN(CC=C)c1nc(C2CCCCC2)nc(N(CC=C)CC=C)n1. The summed E-state index contributed by atoms with van der Waals surface area (Å²) in [6, 6.07) is 0. The molecule has 0 spiro atoms. The van der Waals surface area contributed by atoms with Crippen LogP contribution in [0.3, 0.4) is 0 Å². The van der Waals surface area contributed by atoms with Gasteiger partial charge in [-0.1, -0.05) is 43.6 Å². The maximum absolute atomic E-state index is 4.83. The summed E-state index contributed by atoms with van der Waals surface area (Å²) in [6.45, 7) is 18.1. The van der Waals surface area contributed by atoms with E-state index in [-0.39, 0.29) is 0 Å². The summed E-state index contributed by atoms with van der Waals surface area (Å²) >= 11 is 0. The lowest BCUT2D eigenvalue weighted by atomic mass is 9.89. The molecule has 5 heteroatoms. The molecule has 0 saturated heterocycles. The van der Waals surface area contributed by atoms with Crippen LogP contribution in [0.4, 0.5) is 11.9 Å². The molecule has 0 unspecified atom stereocenters. The van der Waals surface area contributed by atoms with Gasteiger partial charge in [0.15, 0.2) is 0 Å². The minimum absolute atomic E-state index is 0.410. The first kappa shape index (κ1) is 19.9. The number of nitrogens with zero attached hydrogens (tertiary/aromatic N) is 5. The Morgan fingerprint density at radius 2 is 1.12 bits per heavy atom. The molecule has 5 nitrogen and oxygen atoms in total. The van der Waals surface area contributed by atoms with Crippen LogP contribution in [-0.2, 0) is 0 Å². The van der Waals surface area contributed by atoms with Crippen LogP contribution in [0.1, 0.15) is 43.8 Å². The molecule has 0 atom stereocenters. The van der Waals surface area contributed by atoms with Crippen LogP contribution in [0.15, 0.2) is 50.6 Å². The zero-order chi connectivity index (χ0) is 18.8. The van der Waals surface area contributed by atoms with Crippen LogP contribution < -0.4 is 9.80 Å². The van der Waals surface area contributed by atoms with Crippen molar-refractivity contribution in [2.75, 3.05) is 36.0 Å². The predicted molar refractivity (Wildman–Crippen MR) is 111 cm³/mol. The summed E-state index contributed by atoms with van der Waals surface area (Å²) in [5.74, 6) is 2.69. The second-order valence-electron chi connectivity index (χ2n) is 6.59. The second kappa shape index (κ2) is 10.5. The van der Waals surface area contributed by atoms with E-state index in [9.17, 15) is 0 Å². The van der Waals surface area contributed by atoms with Gasteiger partial charge < -0.3 is 9.80 Å². The van der Waals surface area contributed by atoms with Gasteiger partial charge in [-0.25, -0.2) is 0 Å². The molecule has 0 amide bonds. The molecule has 0 aromatic carbocycles. The van der Waals surface area contributed by atoms with Gasteiger partial charge in [0.1, 0.15) is 5.82 Å². The van der Waals surface area contributed by atoms with Crippen LogP contribution in [-0.4, -0.2) is 41.1 Å². The molecule has 1 saturated carbocycles. The van der Waals surface area contributed by atoms with E-state index in [1.165, 1.54) is 19.3 Å². The monoisotopic (exact) mass is 353 g/mol. The highest BCUT2D eigenvalue weighted by Gasteiger charge is 2.22. The van der Waals surface area contributed by atoms with Crippen molar-refractivity contribution in [3.63, 3.8) is 0 Å². The third kappa shape index (κ3) is 5.28. The molecule has 1 aliphatic carbocycles. The van der Waals surface area contributed by atoms with Gasteiger partial charge in [0.2, 0.25) is 11.9 Å². The molecular formula is C21H31N5. The van der Waals surface area contributed by atoms with Crippen molar-refractivity contribution in [3.05, 3.63) is 56.4 Å². The smallest absolute Gasteiger partial charge is 0.230 e. The molecule has 26 heavy (non-hydrogen) atoms. The van der Waals surface area contributed by atoms with Crippen molar-refractivity contribution in [2.45, 2.75) is 38.0 Å². The molecule has 0 radical (unpaired) electrons. The maximum atomic E-state index is 4.83. The topological polar surface area (TPSA) is 45.2 Å². The Kier molecular flexibility index (Phi) is 8.06. The minimum atomic E-state index is 0.410. The lowest BCUT2D eigenvalue weighted by molar-refractivity contribution is 0.427. The molecule has 0 bridgehead atoms. The molecule has 1 aromatic heterocycles. The fraction of sp³-hybridized carbons (Fsp3) is 0.476. The Morgan fingerprint density at radius 1 is 0.692 bits per heavy atom. The van der Waals surface area contributed by atoms with E-state index in [4.69, 9.17) is 15.0 Å². The van der Waals surface area contributed by atoms with E-state index < -0.39 is 0 Å². The first-order valence-corrected chi connectivity index (χ1v) is 9.42. The Morgan fingerprint density at radius 3 is 1.50 bits per heavy atom. The van der Waals surface area contributed by atoms with Gasteiger partial charge in [-0.2, -0.15) is 15.0 Å². The molecule has 2 rings (SSSR count). The average molecular weight is 354 g/mol. The summed E-state index contributed by atoms with van der Waals surface area (Å²) in [6.07, 6.45) is 13.5. The summed E-state index contributed by atoms with van der Waals surface area (Å²) < 4.78 is 0. The third-order valence-electron chi connectivity index (χ3n) is 4.56. The first-order valence-electron chi connectivity index (χ1n) is 9.42. The summed E-state index contributed by atoms with van der Waals surface area (Å²) in [5.41, 5.74) is 0. The van der Waals surface area contributed by atoms with Crippen LogP contribution in [0, 0.1) is 0 Å². The molecule has 1 aromatic rings. The highest BCUT2D eigenvalue weighted by Crippen LogP contribution is 2.32. The highest BCUT2D eigenvalue weighted by molar-refractivity contribution is 5.42. The standard InChI is InChI=1S/C21H31N5/c1-5-14-25(15-6-2)20-22-19(18-12-10-9-11-13-18)23-21(24-20)26(16-7-3)17-8-4/h5-8,18H,1-4,9-17H2. The van der Waals surface area contributed by atoms with E-state index in [1.54, 1.807) is 0 Å². The van der Waals surface area contributed by atoms with E-state index in [1.807, 2.05) is 24.3 Å². The van der Waals surface area contributed by atoms with Crippen LogP contribution in [0.2, 0.25) is 0 Å². The van der Waals surface area contributed by atoms with Gasteiger partial charge in [-0.05, 0) is 12.8 Å². The number of rotatable bonds is 11. The molecule has 1 fully saturated rings. The van der Waals surface area contributed by atoms with Gasteiger partial charge in [-0.3, -0.25) is 0 Å². The first-order chi connectivity index (χ1) is 12.7. The predicted octanol–water partition coefficient (Wildman–Crippen LogP) is 4.28. The van der Waals surface area contributed by atoms with Gasteiger partial charge >= 0.3 is 0 Å². The molecule has 1 heterocycles. The largest absolute Gasteiger partial charge is 0.333 e. The molecule has 1 aliphatic rings. The molecular weight excluding hydrogens is 322 g/mol. The van der Waals surface area contributed by atoms with Crippen molar-refractivity contribution >= 4 is 11.9 Å². The molecule has 0 N–H and O–H groups in total. The minimum Gasteiger partial charge on any atom is -0.333 e. The van der Waals surface area contributed by atoms with E-state index in [2.05, 4.69) is 36.1 Å². The zero-order valence-electron chi connectivity index (χ0n) is 15.8. The van der Waals surface area contributed by atoms with E-state index in [0.717, 1.165) is 18.7 Å². The number of hydrogen-bond donors (Lipinski definition) is 0. The van der Waals surface area contributed by atoms with Crippen molar-refractivity contribution in [1.29, 1.82) is 0 Å². The lowest BCUT2D eigenvalue weighted by Crippen LogP contribution is -2.30. The number of hydrogen-bond acceptors (Lipinski definition) is 5. The van der Waals surface area contributed by atoms with Crippen molar-refractivity contribution in [3.8, 4) is 0 Å². The molecule has 0 aliphatic heterocycles. The van der Waals surface area contributed by atoms with Crippen LogP contribution in [0.25, 0.3) is 0 Å². The fourth-order valence-corrected chi connectivity index (χ4v) is 3.29. The van der Waals surface area contributed by atoms with E-state index in [0.29, 0.717) is 44.0 Å². The Bertz CT molecular complexity index is 557. The highest BCUT2D eigenvalue weighted by atomic mass is 15.3. The van der Waals surface area contributed by atoms with Gasteiger partial charge in [0.05, 0.1) is 0 Å². The van der Waals surface area contributed by atoms with Gasteiger partial charge in [0, 0.05) is 32.1 Å². The molecule has 140 valence electrons. The van der Waals surface area contributed by atoms with Gasteiger partial charge in [-0.15, -0.1) is 26.3 Å². The number of anilines is 2. The summed E-state index contributed by atoms with van der Waals surface area (Å²) in [4.78, 5) is 18.5. The van der Waals surface area contributed by atoms with Gasteiger partial charge in [0.25, 0.3) is 0 Å². The average Bonchev–Trinajstić information content (AvgIpc) is 2.68. The van der Waals surface area contributed by atoms with Crippen molar-refractivity contribution < 1.29 is 0 Å². The van der Waals surface area contributed by atoms with E-state index >= 15 is 0 Å².